The number of halogens is 2. The van der Waals surface area contributed by atoms with Gasteiger partial charge < -0.3 is 4.42 Å². The molecule has 3 heteroatoms. The van der Waals surface area contributed by atoms with Crippen molar-refractivity contribution in [1.29, 1.82) is 0 Å². The van der Waals surface area contributed by atoms with E-state index in [2.05, 4.69) is 94.2 Å². The molecular weight excluding hydrogens is 416 g/mol. The molecular formula is C20H18Br2O. The molecule has 2 aromatic carbocycles. The summed E-state index contributed by atoms with van der Waals surface area (Å²) >= 11 is 7.26. The van der Waals surface area contributed by atoms with E-state index in [1.54, 1.807) is 0 Å². The molecule has 3 aromatic rings. The van der Waals surface area contributed by atoms with Crippen molar-refractivity contribution in [3.8, 4) is 22.6 Å². The first-order valence-electron chi connectivity index (χ1n) is 7.54. The molecule has 0 unspecified atom stereocenters. The van der Waals surface area contributed by atoms with Crippen molar-refractivity contribution in [2.24, 2.45) is 0 Å². The average Bonchev–Trinajstić information content (AvgIpc) is 2.94. The first-order chi connectivity index (χ1) is 11.1. The van der Waals surface area contributed by atoms with Crippen molar-refractivity contribution in [2.75, 3.05) is 0 Å². The molecule has 0 saturated heterocycles. The number of hydrogen-bond donors (Lipinski definition) is 0. The van der Waals surface area contributed by atoms with E-state index in [9.17, 15) is 0 Å². The maximum Gasteiger partial charge on any atom is 0.139 e. The SMILES string of the molecule is Cc1ccc(-c2oc(-c3ccc(C)cc3)c(CBr)c2CBr)cc1. The molecule has 0 aliphatic heterocycles. The summed E-state index contributed by atoms with van der Waals surface area (Å²) in [5.41, 5.74) is 7.15. The molecule has 0 spiro atoms. The molecule has 0 N–H and O–H groups in total. The Hall–Kier alpha value is -1.32. The highest BCUT2D eigenvalue weighted by atomic mass is 79.9. The Morgan fingerprint density at radius 3 is 1.30 bits per heavy atom. The molecule has 3 rings (SSSR count). The van der Waals surface area contributed by atoms with Gasteiger partial charge >= 0.3 is 0 Å². The van der Waals surface area contributed by atoms with E-state index in [1.807, 2.05) is 0 Å². The summed E-state index contributed by atoms with van der Waals surface area (Å²) in [5.74, 6) is 1.90. The molecule has 0 atom stereocenters. The Morgan fingerprint density at radius 1 is 0.652 bits per heavy atom. The van der Waals surface area contributed by atoms with Gasteiger partial charge in [0.2, 0.25) is 0 Å². The summed E-state index contributed by atoms with van der Waals surface area (Å²) in [6.07, 6.45) is 0. The van der Waals surface area contributed by atoms with Crippen molar-refractivity contribution >= 4 is 31.9 Å². The van der Waals surface area contributed by atoms with E-state index in [-0.39, 0.29) is 0 Å². The zero-order valence-electron chi connectivity index (χ0n) is 13.2. The van der Waals surface area contributed by atoms with Gasteiger partial charge in [-0.3, -0.25) is 0 Å². The van der Waals surface area contributed by atoms with E-state index in [0.29, 0.717) is 0 Å². The molecule has 23 heavy (non-hydrogen) atoms. The minimum atomic E-state index is 0.770. The number of furan rings is 1. The van der Waals surface area contributed by atoms with Crippen LogP contribution in [0.15, 0.2) is 52.9 Å². The Labute approximate surface area is 154 Å². The van der Waals surface area contributed by atoms with Crippen LogP contribution in [0.1, 0.15) is 22.3 Å². The Kier molecular flexibility index (Phi) is 5.08. The zero-order chi connectivity index (χ0) is 16.4. The van der Waals surface area contributed by atoms with Gasteiger partial charge in [0.1, 0.15) is 11.5 Å². The Morgan fingerprint density at radius 2 is 1.00 bits per heavy atom. The van der Waals surface area contributed by atoms with Gasteiger partial charge in [-0.1, -0.05) is 91.5 Å². The first-order valence-corrected chi connectivity index (χ1v) is 9.79. The van der Waals surface area contributed by atoms with Gasteiger partial charge in [-0.25, -0.2) is 0 Å². The van der Waals surface area contributed by atoms with E-state index >= 15 is 0 Å². The third-order valence-corrected chi connectivity index (χ3v) is 5.13. The summed E-state index contributed by atoms with van der Waals surface area (Å²) in [5, 5.41) is 1.54. The van der Waals surface area contributed by atoms with Crippen LogP contribution in [0.3, 0.4) is 0 Å². The predicted octanol–water partition coefficient (Wildman–Crippen LogP) is 7.02. The van der Waals surface area contributed by atoms with Gasteiger partial charge in [-0.15, -0.1) is 0 Å². The second-order valence-corrected chi connectivity index (χ2v) is 6.84. The number of aryl methyl sites for hydroxylation is 2. The first kappa shape index (κ1) is 16.5. The topological polar surface area (TPSA) is 13.1 Å². The molecule has 0 fully saturated rings. The third kappa shape index (κ3) is 3.31. The van der Waals surface area contributed by atoms with Crippen LogP contribution < -0.4 is 0 Å². The van der Waals surface area contributed by atoms with Gasteiger partial charge in [-0.2, -0.15) is 0 Å². The van der Waals surface area contributed by atoms with Gasteiger partial charge in [0.15, 0.2) is 0 Å². The van der Waals surface area contributed by atoms with Crippen molar-refractivity contribution in [1.82, 2.24) is 0 Å². The lowest BCUT2D eigenvalue weighted by Gasteiger charge is -2.02. The predicted molar refractivity (Wildman–Crippen MR) is 104 cm³/mol. The van der Waals surface area contributed by atoms with Crippen LogP contribution >= 0.6 is 31.9 Å². The maximum atomic E-state index is 6.32. The highest BCUT2D eigenvalue weighted by Gasteiger charge is 2.20. The van der Waals surface area contributed by atoms with Crippen LogP contribution in [0, 0.1) is 13.8 Å². The number of rotatable bonds is 4. The van der Waals surface area contributed by atoms with Crippen molar-refractivity contribution in [3.63, 3.8) is 0 Å². The van der Waals surface area contributed by atoms with Crippen LogP contribution in [-0.4, -0.2) is 0 Å². The fourth-order valence-electron chi connectivity index (χ4n) is 2.66. The van der Waals surface area contributed by atoms with Crippen LogP contribution in [0.5, 0.6) is 0 Å². The second kappa shape index (κ2) is 7.06. The molecule has 0 bridgehead atoms. The summed E-state index contributed by atoms with van der Waals surface area (Å²) in [4.78, 5) is 0. The van der Waals surface area contributed by atoms with Crippen molar-refractivity contribution in [2.45, 2.75) is 24.5 Å². The molecule has 0 saturated carbocycles. The standard InChI is InChI=1S/C20H18Br2O/c1-13-3-7-15(8-4-13)19-17(11-21)18(12-22)20(23-19)16-9-5-14(2)6-10-16/h3-10H,11-12H2,1-2H3. The van der Waals surface area contributed by atoms with Crippen LogP contribution in [0.25, 0.3) is 22.6 Å². The molecule has 0 radical (unpaired) electrons. The van der Waals surface area contributed by atoms with Gasteiger partial charge in [0.25, 0.3) is 0 Å². The lowest BCUT2D eigenvalue weighted by atomic mass is 10.0. The van der Waals surface area contributed by atoms with Crippen LogP contribution in [0.2, 0.25) is 0 Å². The van der Waals surface area contributed by atoms with Gasteiger partial charge in [0.05, 0.1) is 0 Å². The van der Waals surface area contributed by atoms with Crippen LogP contribution in [-0.2, 0) is 10.7 Å². The highest BCUT2D eigenvalue weighted by Crippen LogP contribution is 2.39. The molecule has 118 valence electrons. The zero-order valence-corrected chi connectivity index (χ0v) is 16.4. The van der Waals surface area contributed by atoms with Crippen LogP contribution in [0.4, 0.5) is 0 Å². The smallest absolute Gasteiger partial charge is 0.139 e. The second-order valence-electron chi connectivity index (χ2n) is 5.72. The lowest BCUT2D eigenvalue weighted by Crippen LogP contribution is -1.87. The molecule has 0 amide bonds. The van der Waals surface area contributed by atoms with Crippen molar-refractivity contribution in [3.05, 3.63) is 70.8 Å². The summed E-state index contributed by atoms with van der Waals surface area (Å²) < 4.78 is 6.32. The van der Waals surface area contributed by atoms with E-state index in [1.165, 1.54) is 22.3 Å². The number of benzene rings is 2. The molecule has 1 heterocycles. The third-order valence-electron chi connectivity index (χ3n) is 4.01. The van der Waals surface area contributed by atoms with Gasteiger partial charge in [-0.05, 0) is 13.8 Å². The number of hydrogen-bond acceptors (Lipinski definition) is 1. The highest BCUT2D eigenvalue weighted by molar-refractivity contribution is 9.09. The average molecular weight is 434 g/mol. The van der Waals surface area contributed by atoms with Gasteiger partial charge in [0, 0.05) is 32.9 Å². The summed E-state index contributed by atoms with van der Waals surface area (Å²) in [6, 6.07) is 17.0. The lowest BCUT2D eigenvalue weighted by molar-refractivity contribution is 0.594. The monoisotopic (exact) mass is 432 g/mol. The van der Waals surface area contributed by atoms with Crippen molar-refractivity contribution < 1.29 is 4.42 Å². The molecule has 1 aromatic heterocycles. The molecule has 1 nitrogen and oxygen atoms in total. The molecule has 0 aliphatic rings. The normalized spacial score (nSPS) is 11.0. The number of alkyl halides is 2. The maximum absolute atomic E-state index is 6.32. The van der Waals surface area contributed by atoms with E-state index in [4.69, 9.17) is 4.42 Å². The fourth-order valence-corrected chi connectivity index (χ4v) is 3.84. The minimum Gasteiger partial charge on any atom is -0.455 e. The summed E-state index contributed by atoms with van der Waals surface area (Å²) in [7, 11) is 0. The quantitative estimate of drug-likeness (QED) is 0.403. The van der Waals surface area contributed by atoms with E-state index in [0.717, 1.165) is 33.3 Å². The largest absolute Gasteiger partial charge is 0.455 e. The molecule has 0 aliphatic carbocycles. The fraction of sp³-hybridized carbons (Fsp3) is 0.200. The Balaban J connectivity index is 2.18. The summed E-state index contributed by atoms with van der Waals surface area (Å²) in [6.45, 7) is 4.19. The minimum absolute atomic E-state index is 0.770. The Bertz CT molecular complexity index is 731. The van der Waals surface area contributed by atoms with E-state index < -0.39 is 0 Å².